The number of carbonyl (C=O) groups is 2. The van der Waals surface area contributed by atoms with Crippen molar-refractivity contribution in [1.29, 1.82) is 0 Å². The summed E-state index contributed by atoms with van der Waals surface area (Å²) in [7, 11) is 0. The van der Waals surface area contributed by atoms with E-state index in [0.29, 0.717) is 12.3 Å². The smallest absolute Gasteiger partial charge is 0.320 e. The fourth-order valence-electron chi connectivity index (χ4n) is 1.43. The Morgan fingerprint density at radius 2 is 1.67 bits per heavy atom. The average Bonchev–Trinajstić information content (AvgIpc) is 2.22. The molecule has 3 N–H and O–H groups in total. The van der Waals surface area contributed by atoms with Gasteiger partial charge in [0.2, 0.25) is 5.91 Å². The van der Waals surface area contributed by atoms with E-state index in [1.54, 1.807) is 0 Å². The van der Waals surface area contributed by atoms with Crippen LogP contribution >= 0.6 is 0 Å². The third-order valence-corrected chi connectivity index (χ3v) is 2.90. The van der Waals surface area contributed by atoms with Crippen LogP contribution in [0.15, 0.2) is 0 Å². The SMILES string of the molecule is CC(C)CC(NCC(=O)NC(C)C(C)C)C(=O)O. The molecule has 0 fully saturated rings. The van der Waals surface area contributed by atoms with Crippen molar-refractivity contribution in [1.82, 2.24) is 10.6 Å². The summed E-state index contributed by atoms with van der Waals surface area (Å²) in [5.41, 5.74) is 0. The van der Waals surface area contributed by atoms with Crippen LogP contribution in [0.25, 0.3) is 0 Å². The average molecular weight is 258 g/mol. The number of nitrogens with one attached hydrogen (secondary N) is 2. The van der Waals surface area contributed by atoms with Crippen LogP contribution in [0.2, 0.25) is 0 Å². The normalized spacial score (nSPS) is 14.6. The molecular weight excluding hydrogens is 232 g/mol. The van der Waals surface area contributed by atoms with Gasteiger partial charge in [0.25, 0.3) is 0 Å². The van der Waals surface area contributed by atoms with Crippen LogP contribution in [0.4, 0.5) is 0 Å². The number of carboxylic acid groups (broad SMARTS) is 1. The van der Waals surface area contributed by atoms with Crippen molar-refractivity contribution in [2.75, 3.05) is 6.54 Å². The molecule has 5 nitrogen and oxygen atoms in total. The maximum absolute atomic E-state index is 11.6. The molecule has 106 valence electrons. The van der Waals surface area contributed by atoms with Crippen LogP contribution in [0.5, 0.6) is 0 Å². The second-order valence-corrected chi connectivity index (χ2v) is 5.50. The summed E-state index contributed by atoms with van der Waals surface area (Å²) in [5.74, 6) is -0.434. The van der Waals surface area contributed by atoms with Gasteiger partial charge in [0.1, 0.15) is 6.04 Å². The monoisotopic (exact) mass is 258 g/mol. The van der Waals surface area contributed by atoms with Crippen molar-refractivity contribution >= 4 is 11.9 Å². The Hall–Kier alpha value is -1.10. The molecule has 2 atom stereocenters. The summed E-state index contributed by atoms with van der Waals surface area (Å²) in [6.45, 7) is 9.94. The lowest BCUT2D eigenvalue weighted by Gasteiger charge is -2.19. The first-order valence-electron chi connectivity index (χ1n) is 6.49. The highest BCUT2D eigenvalue weighted by atomic mass is 16.4. The predicted octanol–water partition coefficient (Wildman–Crippen LogP) is 1.24. The highest BCUT2D eigenvalue weighted by molar-refractivity contribution is 5.80. The van der Waals surface area contributed by atoms with Crippen LogP contribution in [0.3, 0.4) is 0 Å². The van der Waals surface area contributed by atoms with Gasteiger partial charge in [-0.3, -0.25) is 14.9 Å². The van der Waals surface area contributed by atoms with Crippen molar-refractivity contribution in [3.63, 3.8) is 0 Å². The molecule has 0 spiro atoms. The van der Waals surface area contributed by atoms with Crippen LogP contribution in [-0.2, 0) is 9.59 Å². The van der Waals surface area contributed by atoms with Gasteiger partial charge in [-0.2, -0.15) is 0 Å². The van der Waals surface area contributed by atoms with Crippen molar-refractivity contribution in [2.45, 2.75) is 53.1 Å². The zero-order chi connectivity index (χ0) is 14.3. The summed E-state index contributed by atoms with van der Waals surface area (Å²) in [6.07, 6.45) is 0.516. The van der Waals surface area contributed by atoms with Crippen molar-refractivity contribution in [3.05, 3.63) is 0 Å². The minimum Gasteiger partial charge on any atom is -0.480 e. The molecular formula is C13H26N2O3. The van der Waals surface area contributed by atoms with Crippen molar-refractivity contribution in [2.24, 2.45) is 11.8 Å². The molecule has 0 aliphatic heterocycles. The van der Waals surface area contributed by atoms with Gasteiger partial charge < -0.3 is 10.4 Å². The van der Waals surface area contributed by atoms with Gasteiger partial charge in [0.05, 0.1) is 6.54 Å². The molecule has 0 aromatic carbocycles. The van der Waals surface area contributed by atoms with E-state index in [0.717, 1.165) is 0 Å². The quantitative estimate of drug-likeness (QED) is 0.612. The Kier molecular flexibility index (Phi) is 7.59. The minimum absolute atomic E-state index is 0.0424. The van der Waals surface area contributed by atoms with Gasteiger partial charge in [-0.05, 0) is 25.2 Å². The maximum atomic E-state index is 11.6. The first-order valence-corrected chi connectivity index (χ1v) is 6.49. The number of carboxylic acids is 1. The second-order valence-electron chi connectivity index (χ2n) is 5.50. The van der Waals surface area contributed by atoms with Gasteiger partial charge in [-0.15, -0.1) is 0 Å². The van der Waals surface area contributed by atoms with Crippen molar-refractivity contribution in [3.8, 4) is 0 Å². The van der Waals surface area contributed by atoms with E-state index in [1.165, 1.54) is 0 Å². The number of carbonyl (C=O) groups excluding carboxylic acids is 1. The lowest BCUT2D eigenvalue weighted by molar-refractivity contribution is -0.140. The summed E-state index contributed by atoms with van der Waals surface area (Å²) in [4.78, 5) is 22.6. The standard InChI is InChI=1S/C13H26N2O3/c1-8(2)6-11(13(17)18)14-7-12(16)15-10(5)9(3)4/h8-11,14H,6-7H2,1-5H3,(H,15,16)(H,17,18). The third-order valence-electron chi connectivity index (χ3n) is 2.90. The molecule has 0 aliphatic rings. The van der Waals surface area contributed by atoms with E-state index in [4.69, 9.17) is 5.11 Å². The third kappa shape index (κ3) is 7.27. The number of aliphatic carboxylic acids is 1. The number of hydrogen-bond donors (Lipinski definition) is 3. The zero-order valence-corrected chi connectivity index (χ0v) is 12.0. The lowest BCUT2D eigenvalue weighted by Crippen LogP contribution is -2.46. The molecule has 0 aromatic heterocycles. The predicted molar refractivity (Wildman–Crippen MR) is 71.3 cm³/mol. The fourth-order valence-corrected chi connectivity index (χ4v) is 1.43. The van der Waals surface area contributed by atoms with E-state index in [-0.39, 0.29) is 24.4 Å². The van der Waals surface area contributed by atoms with Crippen LogP contribution < -0.4 is 10.6 Å². The molecule has 0 saturated carbocycles. The molecule has 0 aromatic rings. The maximum Gasteiger partial charge on any atom is 0.320 e. The number of amides is 1. The van der Waals surface area contributed by atoms with E-state index in [9.17, 15) is 9.59 Å². The summed E-state index contributed by atoms with van der Waals surface area (Å²) in [5, 5.41) is 14.6. The molecule has 0 rings (SSSR count). The van der Waals surface area contributed by atoms with E-state index >= 15 is 0 Å². The van der Waals surface area contributed by atoms with E-state index < -0.39 is 12.0 Å². The van der Waals surface area contributed by atoms with E-state index in [2.05, 4.69) is 10.6 Å². The Morgan fingerprint density at radius 1 is 1.11 bits per heavy atom. The largest absolute Gasteiger partial charge is 0.480 e. The van der Waals surface area contributed by atoms with E-state index in [1.807, 2.05) is 34.6 Å². The lowest BCUT2D eigenvalue weighted by atomic mass is 10.0. The summed E-state index contributed by atoms with van der Waals surface area (Å²) in [6, 6.07) is -0.571. The molecule has 0 bridgehead atoms. The van der Waals surface area contributed by atoms with Gasteiger partial charge in [-0.25, -0.2) is 0 Å². The highest BCUT2D eigenvalue weighted by Crippen LogP contribution is 2.04. The van der Waals surface area contributed by atoms with Crippen molar-refractivity contribution < 1.29 is 14.7 Å². The fraction of sp³-hybridized carbons (Fsp3) is 0.846. The summed E-state index contributed by atoms with van der Waals surface area (Å²) < 4.78 is 0. The Morgan fingerprint density at radius 3 is 2.06 bits per heavy atom. The molecule has 0 heterocycles. The number of hydrogen-bond acceptors (Lipinski definition) is 3. The Balaban J connectivity index is 4.11. The molecule has 1 amide bonds. The van der Waals surface area contributed by atoms with Crippen LogP contribution in [0, 0.1) is 11.8 Å². The Labute approximate surface area is 109 Å². The molecule has 5 heteroatoms. The van der Waals surface area contributed by atoms with Crippen LogP contribution in [-0.4, -0.2) is 35.6 Å². The van der Waals surface area contributed by atoms with Gasteiger partial charge >= 0.3 is 5.97 Å². The van der Waals surface area contributed by atoms with Gasteiger partial charge in [-0.1, -0.05) is 27.7 Å². The zero-order valence-electron chi connectivity index (χ0n) is 12.0. The van der Waals surface area contributed by atoms with Gasteiger partial charge in [0, 0.05) is 6.04 Å². The Bertz CT molecular complexity index is 277. The first kappa shape index (κ1) is 16.9. The van der Waals surface area contributed by atoms with Crippen LogP contribution in [0.1, 0.15) is 41.0 Å². The minimum atomic E-state index is -0.909. The topological polar surface area (TPSA) is 78.4 Å². The highest BCUT2D eigenvalue weighted by Gasteiger charge is 2.19. The molecule has 0 radical (unpaired) electrons. The van der Waals surface area contributed by atoms with Gasteiger partial charge in [0.15, 0.2) is 0 Å². The second kappa shape index (κ2) is 8.08. The molecule has 18 heavy (non-hydrogen) atoms. The summed E-state index contributed by atoms with van der Waals surface area (Å²) >= 11 is 0. The molecule has 0 saturated heterocycles. The first-order chi connectivity index (χ1) is 8.23. The number of rotatable bonds is 8. The molecule has 0 aliphatic carbocycles. The molecule has 2 unspecified atom stereocenters.